The first kappa shape index (κ1) is 19.0. The Labute approximate surface area is 169 Å². The Morgan fingerprint density at radius 3 is 2.82 bits per heavy atom. The molecule has 0 radical (unpaired) electrons. The largest absolute Gasteiger partial charge is 0.433 e. The number of para-hydroxylation sites is 2. The fourth-order valence-electron chi connectivity index (χ4n) is 3.46. The van der Waals surface area contributed by atoms with Crippen molar-refractivity contribution >= 4 is 34.3 Å². The molecule has 0 spiro atoms. The third-order valence-electron chi connectivity index (χ3n) is 4.60. The van der Waals surface area contributed by atoms with E-state index in [-0.39, 0.29) is 29.9 Å². The van der Waals surface area contributed by atoms with E-state index in [2.05, 4.69) is 32.5 Å². The van der Waals surface area contributed by atoms with E-state index >= 15 is 0 Å². The molecule has 1 amide bonds. The lowest BCUT2D eigenvalue weighted by atomic mass is 9.98. The second kappa shape index (κ2) is 8.38. The monoisotopic (exact) mass is 420 g/mol. The molecule has 0 unspecified atom stereocenters. The zero-order valence-corrected chi connectivity index (χ0v) is 16.4. The van der Waals surface area contributed by atoms with Crippen molar-refractivity contribution in [1.82, 2.24) is 4.90 Å². The fraction of sp³-hybridized carbons (Fsp3) is 0.250. The highest BCUT2D eigenvalue weighted by Crippen LogP contribution is 2.39. The second-order valence-electron chi connectivity index (χ2n) is 6.36. The van der Waals surface area contributed by atoms with Gasteiger partial charge >= 0.3 is 6.61 Å². The summed E-state index contributed by atoms with van der Waals surface area (Å²) in [7, 11) is 0. The van der Waals surface area contributed by atoms with Crippen molar-refractivity contribution in [2.45, 2.75) is 19.1 Å². The molecule has 146 valence electrons. The summed E-state index contributed by atoms with van der Waals surface area (Å²) >= 11 is 3.42. The molecular weight excluding hydrogens is 402 g/mol. The van der Waals surface area contributed by atoms with Gasteiger partial charge < -0.3 is 10.1 Å². The molecule has 1 aliphatic rings. The molecule has 1 aromatic carbocycles. The molecule has 4 rings (SSSR count). The van der Waals surface area contributed by atoms with Crippen molar-refractivity contribution in [3.63, 3.8) is 0 Å². The molecule has 3 aromatic rings. The topological polar surface area (TPSA) is 41.6 Å². The third-order valence-corrected chi connectivity index (χ3v) is 6.52. The van der Waals surface area contributed by atoms with Crippen molar-refractivity contribution in [1.29, 1.82) is 0 Å². The minimum atomic E-state index is -2.94. The van der Waals surface area contributed by atoms with Gasteiger partial charge in [-0.2, -0.15) is 8.78 Å². The number of rotatable bonds is 6. The SMILES string of the molecule is O=C(CN1CCc2sccc2[C@H]1c1cccs1)Nc1ccccc1OC(F)F. The number of carbonyl (C=O) groups is 1. The molecule has 0 saturated heterocycles. The van der Waals surface area contributed by atoms with Crippen molar-refractivity contribution in [3.05, 3.63) is 68.5 Å². The van der Waals surface area contributed by atoms with E-state index in [9.17, 15) is 13.6 Å². The average Bonchev–Trinajstić information content (AvgIpc) is 3.34. The highest BCUT2D eigenvalue weighted by atomic mass is 32.1. The lowest BCUT2D eigenvalue weighted by Crippen LogP contribution is -2.40. The summed E-state index contributed by atoms with van der Waals surface area (Å²) in [5, 5.41) is 6.84. The number of ether oxygens (including phenoxy) is 1. The summed E-state index contributed by atoms with van der Waals surface area (Å²) in [6.07, 6.45) is 0.896. The number of hydrogen-bond donors (Lipinski definition) is 1. The average molecular weight is 421 g/mol. The number of nitrogens with one attached hydrogen (secondary N) is 1. The van der Waals surface area contributed by atoms with Gasteiger partial charge in [0.05, 0.1) is 18.3 Å². The van der Waals surface area contributed by atoms with Crippen LogP contribution in [0.4, 0.5) is 14.5 Å². The van der Waals surface area contributed by atoms with E-state index in [1.54, 1.807) is 40.9 Å². The van der Waals surface area contributed by atoms with E-state index in [0.717, 1.165) is 13.0 Å². The van der Waals surface area contributed by atoms with Crippen molar-refractivity contribution < 1.29 is 18.3 Å². The number of nitrogens with zero attached hydrogens (tertiary/aromatic N) is 1. The number of hydrogen-bond acceptors (Lipinski definition) is 5. The number of alkyl halides is 2. The molecule has 0 aliphatic carbocycles. The first-order chi connectivity index (χ1) is 13.6. The molecule has 0 fully saturated rings. The zero-order valence-electron chi connectivity index (χ0n) is 14.8. The Morgan fingerprint density at radius 2 is 2.04 bits per heavy atom. The fourth-order valence-corrected chi connectivity index (χ4v) is 5.24. The van der Waals surface area contributed by atoms with Crippen molar-refractivity contribution in [2.24, 2.45) is 0 Å². The van der Waals surface area contributed by atoms with Crippen molar-refractivity contribution in [2.75, 3.05) is 18.4 Å². The number of amides is 1. The Hall–Kier alpha value is -2.29. The highest BCUT2D eigenvalue weighted by molar-refractivity contribution is 7.10. The predicted octanol–water partition coefficient (Wildman–Crippen LogP) is 5.00. The van der Waals surface area contributed by atoms with Crippen LogP contribution in [0.5, 0.6) is 5.75 Å². The first-order valence-corrected chi connectivity index (χ1v) is 10.5. The third kappa shape index (κ3) is 4.09. The Balaban J connectivity index is 1.52. The van der Waals surface area contributed by atoms with Gasteiger partial charge in [-0.1, -0.05) is 18.2 Å². The van der Waals surface area contributed by atoms with Crippen LogP contribution in [0.15, 0.2) is 53.2 Å². The van der Waals surface area contributed by atoms with Crippen LogP contribution in [0.25, 0.3) is 0 Å². The molecule has 0 bridgehead atoms. The van der Waals surface area contributed by atoms with E-state index in [1.807, 2.05) is 11.4 Å². The quantitative estimate of drug-likeness (QED) is 0.610. The van der Waals surface area contributed by atoms with Crippen LogP contribution in [0.2, 0.25) is 0 Å². The maximum absolute atomic E-state index is 12.7. The Kier molecular flexibility index (Phi) is 5.70. The van der Waals surface area contributed by atoms with Gasteiger partial charge in [0, 0.05) is 16.3 Å². The number of carbonyl (C=O) groups excluding carboxylic acids is 1. The van der Waals surface area contributed by atoms with Gasteiger partial charge in [0.1, 0.15) is 5.75 Å². The van der Waals surface area contributed by atoms with Crippen LogP contribution in [-0.4, -0.2) is 30.5 Å². The number of benzene rings is 1. The van der Waals surface area contributed by atoms with Crippen LogP contribution < -0.4 is 10.1 Å². The summed E-state index contributed by atoms with van der Waals surface area (Å²) in [4.78, 5) is 17.4. The maximum Gasteiger partial charge on any atom is 0.387 e. The maximum atomic E-state index is 12.7. The molecular formula is C20H18F2N2O2S2. The second-order valence-corrected chi connectivity index (χ2v) is 8.34. The van der Waals surface area contributed by atoms with Crippen molar-refractivity contribution in [3.8, 4) is 5.75 Å². The molecule has 8 heteroatoms. The van der Waals surface area contributed by atoms with E-state index < -0.39 is 6.61 Å². The summed E-state index contributed by atoms with van der Waals surface area (Å²) in [5.41, 5.74) is 1.49. The molecule has 4 nitrogen and oxygen atoms in total. The van der Waals surface area contributed by atoms with Crippen LogP contribution in [0.3, 0.4) is 0 Å². The van der Waals surface area contributed by atoms with Gasteiger partial charge in [-0.15, -0.1) is 22.7 Å². The first-order valence-electron chi connectivity index (χ1n) is 8.79. The number of fused-ring (bicyclic) bond motifs is 1. The van der Waals surface area contributed by atoms with E-state index in [1.165, 1.54) is 21.4 Å². The van der Waals surface area contributed by atoms with Gasteiger partial charge in [-0.3, -0.25) is 9.69 Å². The normalized spacial score (nSPS) is 16.8. The van der Waals surface area contributed by atoms with Gasteiger partial charge in [0.2, 0.25) is 5.91 Å². The van der Waals surface area contributed by atoms with Gasteiger partial charge in [0.25, 0.3) is 0 Å². The molecule has 1 atom stereocenters. The lowest BCUT2D eigenvalue weighted by Gasteiger charge is -2.34. The lowest BCUT2D eigenvalue weighted by molar-refractivity contribution is -0.117. The van der Waals surface area contributed by atoms with E-state index in [0.29, 0.717) is 0 Å². The number of anilines is 1. The van der Waals surface area contributed by atoms with Crippen LogP contribution >= 0.6 is 22.7 Å². The zero-order chi connectivity index (χ0) is 19.5. The minimum absolute atomic E-state index is 0.0355. The number of halogens is 2. The molecule has 1 N–H and O–H groups in total. The molecule has 2 aromatic heterocycles. The van der Waals surface area contributed by atoms with E-state index in [4.69, 9.17) is 0 Å². The predicted molar refractivity (Wildman–Crippen MR) is 107 cm³/mol. The Morgan fingerprint density at radius 1 is 1.18 bits per heavy atom. The molecule has 28 heavy (non-hydrogen) atoms. The Bertz CT molecular complexity index is 943. The van der Waals surface area contributed by atoms with Crippen LogP contribution in [0.1, 0.15) is 21.4 Å². The molecule has 0 saturated carbocycles. The summed E-state index contributed by atoms with van der Waals surface area (Å²) in [5.74, 6) is -0.301. The molecule has 3 heterocycles. The van der Waals surface area contributed by atoms with Crippen LogP contribution in [0, 0.1) is 0 Å². The van der Waals surface area contributed by atoms with Gasteiger partial charge in [0.15, 0.2) is 0 Å². The smallest absolute Gasteiger partial charge is 0.387 e. The van der Waals surface area contributed by atoms with Gasteiger partial charge in [-0.05, 0) is 47.0 Å². The highest BCUT2D eigenvalue weighted by Gasteiger charge is 2.31. The summed E-state index contributed by atoms with van der Waals surface area (Å²) in [6, 6.07) is 12.5. The van der Waals surface area contributed by atoms with Crippen LogP contribution in [-0.2, 0) is 11.2 Å². The summed E-state index contributed by atoms with van der Waals surface area (Å²) < 4.78 is 29.7. The minimum Gasteiger partial charge on any atom is -0.433 e. The van der Waals surface area contributed by atoms with Gasteiger partial charge in [-0.25, -0.2) is 0 Å². The standard InChI is InChI=1S/C20H18F2N2O2S2/c21-20(22)26-15-5-2-1-4-14(15)23-18(25)12-24-9-7-16-13(8-11-28-16)19(24)17-6-3-10-27-17/h1-6,8,10-11,19-20H,7,9,12H2,(H,23,25)/t19-/m0/s1. The number of thiophene rings is 2. The summed E-state index contributed by atoms with van der Waals surface area (Å²) in [6.45, 7) is -2.01. The molecule has 1 aliphatic heterocycles.